The van der Waals surface area contributed by atoms with E-state index in [1.165, 1.54) is 12.8 Å². The smallest absolute Gasteiger partial charge is 0.232 e. The van der Waals surface area contributed by atoms with Crippen LogP contribution in [0, 0.1) is 5.92 Å². The molecule has 1 aliphatic carbocycles. The fourth-order valence-electron chi connectivity index (χ4n) is 4.14. The number of hydrogen-bond donors (Lipinski definition) is 1. The first-order valence-corrected chi connectivity index (χ1v) is 11.4. The van der Waals surface area contributed by atoms with Crippen molar-refractivity contribution in [1.82, 2.24) is 10.1 Å². The van der Waals surface area contributed by atoms with Gasteiger partial charge in [-0.05, 0) is 38.2 Å². The summed E-state index contributed by atoms with van der Waals surface area (Å²) in [5.74, 6) is 1.57. The van der Waals surface area contributed by atoms with E-state index in [0.29, 0.717) is 13.1 Å². The molecule has 1 heterocycles. The molecule has 5 heteroatoms. The van der Waals surface area contributed by atoms with Gasteiger partial charge in [0, 0.05) is 38.3 Å². The summed E-state index contributed by atoms with van der Waals surface area (Å²) in [6.45, 7) is 8.29. The van der Waals surface area contributed by atoms with Gasteiger partial charge < -0.3 is 14.5 Å². The van der Waals surface area contributed by atoms with Crippen molar-refractivity contribution < 1.29 is 9.63 Å². The second-order valence-corrected chi connectivity index (χ2v) is 8.42. The first-order chi connectivity index (χ1) is 15.2. The predicted molar refractivity (Wildman–Crippen MR) is 125 cm³/mol. The van der Waals surface area contributed by atoms with Crippen LogP contribution in [0.2, 0.25) is 0 Å². The van der Waals surface area contributed by atoms with E-state index in [-0.39, 0.29) is 0 Å². The second-order valence-electron chi connectivity index (χ2n) is 8.42. The molecule has 5 nitrogen and oxygen atoms in total. The van der Waals surface area contributed by atoms with E-state index in [9.17, 15) is 5.11 Å². The lowest BCUT2D eigenvalue weighted by atomic mass is 10.1. The number of nitrogens with zero attached hydrogens (tertiary/aromatic N) is 3. The highest BCUT2D eigenvalue weighted by Gasteiger charge is 2.29. The number of hydrogen-bond acceptors (Lipinski definition) is 5. The van der Waals surface area contributed by atoms with Crippen LogP contribution in [0.15, 0.2) is 65.2 Å². The minimum atomic E-state index is -0.517. The zero-order valence-corrected chi connectivity index (χ0v) is 18.6. The van der Waals surface area contributed by atoms with Gasteiger partial charge in [0.1, 0.15) is 5.69 Å². The molecule has 0 bridgehead atoms. The molecule has 4 rings (SSSR count). The Kier molecular flexibility index (Phi) is 7.05. The van der Waals surface area contributed by atoms with Gasteiger partial charge in [0.15, 0.2) is 0 Å². The molecule has 1 aliphatic rings. The fourth-order valence-corrected chi connectivity index (χ4v) is 4.14. The van der Waals surface area contributed by atoms with Gasteiger partial charge in [-0.3, -0.25) is 4.90 Å². The van der Waals surface area contributed by atoms with Crippen LogP contribution >= 0.6 is 0 Å². The van der Waals surface area contributed by atoms with Gasteiger partial charge in [-0.25, -0.2) is 0 Å². The van der Waals surface area contributed by atoms with E-state index in [2.05, 4.69) is 40.9 Å². The van der Waals surface area contributed by atoms with Crippen molar-refractivity contribution in [2.45, 2.75) is 39.3 Å². The van der Waals surface area contributed by atoms with Crippen molar-refractivity contribution in [3.8, 4) is 11.3 Å². The van der Waals surface area contributed by atoms with Gasteiger partial charge in [-0.2, -0.15) is 0 Å². The first kappa shape index (κ1) is 21.6. The predicted octanol–water partition coefficient (Wildman–Crippen LogP) is 5.13. The van der Waals surface area contributed by atoms with Gasteiger partial charge >= 0.3 is 0 Å². The van der Waals surface area contributed by atoms with Crippen molar-refractivity contribution in [2.75, 3.05) is 31.1 Å². The number of anilines is 1. The van der Waals surface area contributed by atoms with Crippen LogP contribution in [0.5, 0.6) is 0 Å². The summed E-state index contributed by atoms with van der Waals surface area (Å²) in [4.78, 5) is 4.60. The molecular formula is C26H33N3O2. The number of aromatic nitrogens is 1. The molecule has 1 atom stereocenters. The topological polar surface area (TPSA) is 52.7 Å². The Morgan fingerprint density at radius 1 is 1.00 bits per heavy atom. The summed E-state index contributed by atoms with van der Waals surface area (Å²) in [6.07, 6.45) is 2.03. The van der Waals surface area contributed by atoms with Crippen molar-refractivity contribution in [2.24, 2.45) is 5.92 Å². The number of aliphatic hydroxyl groups excluding tert-OH is 1. The zero-order valence-electron chi connectivity index (χ0n) is 18.6. The number of benzene rings is 2. The summed E-state index contributed by atoms with van der Waals surface area (Å²) in [5.41, 5.74) is 4.03. The summed E-state index contributed by atoms with van der Waals surface area (Å²) in [6, 6.07) is 20.2. The Morgan fingerprint density at radius 2 is 1.65 bits per heavy atom. The van der Waals surface area contributed by atoms with Crippen molar-refractivity contribution >= 4 is 5.88 Å². The molecule has 1 N–H and O–H groups in total. The largest absolute Gasteiger partial charge is 0.387 e. The van der Waals surface area contributed by atoms with Gasteiger partial charge in [0.05, 0.1) is 11.7 Å². The average molecular weight is 420 g/mol. The highest BCUT2D eigenvalue weighted by molar-refractivity contribution is 5.68. The van der Waals surface area contributed by atoms with E-state index < -0.39 is 6.10 Å². The molecule has 3 aromatic rings. The second kappa shape index (κ2) is 10.1. The molecule has 0 saturated heterocycles. The van der Waals surface area contributed by atoms with Gasteiger partial charge in [0.2, 0.25) is 5.88 Å². The van der Waals surface area contributed by atoms with Gasteiger partial charge in [-0.1, -0.05) is 65.8 Å². The molecule has 0 radical (unpaired) electrons. The minimum absolute atomic E-state index is 0.517. The maximum absolute atomic E-state index is 10.9. The van der Waals surface area contributed by atoms with Crippen LogP contribution < -0.4 is 4.90 Å². The summed E-state index contributed by atoms with van der Waals surface area (Å²) < 4.78 is 5.89. The molecule has 0 spiro atoms. The molecule has 164 valence electrons. The normalized spacial score (nSPS) is 14.7. The number of rotatable bonds is 11. The van der Waals surface area contributed by atoms with E-state index in [0.717, 1.165) is 53.8 Å². The summed E-state index contributed by atoms with van der Waals surface area (Å²) >= 11 is 0. The zero-order chi connectivity index (χ0) is 21.6. The van der Waals surface area contributed by atoms with Gasteiger partial charge in [-0.15, -0.1) is 0 Å². The molecule has 2 aromatic carbocycles. The van der Waals surface area contributed by atoms with E-state index in [4.69, 9.17) is 4.52 Å². The highest BCUT2D eigenvalue weighted by Crippen LogP contribution is 2.35. The Bertz CT molecular complexity index is 934. The molecule has 1 saturated carbocycles. The Balaban J connectivity index is 1.63. The Hall–Kier alpha value is -2.63. The van der Waals surface area contributed by atoms with Crippen LogP contribution in [0.1, 0.15) is 43.9 Å². The lowest BCUT2D eigenvalue weighted by molar-refractivity contribution is 0.106. The molecular weight excluding hydrogens is 386 g/mol. The highest BCUT2D eigenvalue weighted by atomic mass is 16.5. The van der Waals surface area contributed by atoms with Crippen LogP contribution in [-0.4, -0.2) is 41.3 Å². The van der Waals surface area contributed by atoms with E-state index in [1.54, 1.807) is 0 Å². The Morgan fingerprint density at radius 3 is 2.26 bits per heavy atom. The summed E-state index contributed by atoms with van der Waals surface area (Å²) in [5, 5.41) is 15.4. The van der Waals surface area contributed by atoms with Crippen LogP contribution in [-0.2, 0) is 6.54 Å². The molecule has 1 fully saturated rings. The minimum Gasteiger partial charge on any atom is -0.387 e. The lowest BCUT2D eigenvalue weighted by Crippen LogP contribution is -2.31. The van der Waals surface area contributed by atoms with Crippen LogP contribution in [0.25, 0.3) is 11.3 Å². The molecule has 1 aromatic heterocycles. The third-order valence-corrected chi connectivity index (χ3v) is 6.08. The lowest BCUT2D eigenvalue weighted by Gasteiger charge is -2.27. The summed E-state index contributed by atoms with van der Waals surface area (Å²) in [7, 11) is 0. The maximum Gasteiger partial charge on any atom is 0.232 e. The van der Waals surface area contributed by atoms with Crippen molar-refractivity contribution in [3.63, 3.8) is 0 Å². The van der Waals surface area contributed by atoms with E-state index in [1.807, 2.05) is 48.5 Å². The Labute approximate surface area is 185 Å². The molecule has 1 unspecified atom stereocenters. The average Bonchev–Trinajstić information content (AvgIpc) is 3.54. The van der Waals surface area contributed by atoms with Gasteiger partial charge in [0.25, 0.3) is 0 Å². The molecule has 0 amide bonds. The van der Waals surface area contributed by atoms with E-state index >= 15 is 0 Å². The maximum atomic E-state index is 10.9. The molecule has 31 heavy (non-hydrogen) atoms. The fraction of sp³-hybridized carbons (Fsp3) is 0.423. The van der Waals surface area contributed by atoms with Crippen molar-refractivity contribution in [3.05, 3.63) is 71.8 Å². The molecule has 0 aliphatic heterocycles. The quantitative estimate of drug-likeness (QED) is 0.467. The first-order valence-electron chi connectivity index (χ1n) is 11.4. The third kappa shape index (κ3) is 5.35. The van der Waals surface area contributed by atoms with Crippen LogP contribution in [0.3, 0.4) is 0 Å². The van der Waals surface area contributed by atoms with Crippen molar-refractivity contribution in [1.29, 1.82) is 0 Å². The third-order valence-electron chi connectivity index (χ3n) is 6.08. The standard InChI is InChI=1S/C26H33N3O2/c1-3-29(4-2)26-23(25(27-31-26)22-13-9-6-10-14-22)18-28(17-20-15-16-20)19-24(30)21-11-7-5-8-12-21/h5-14,20,24,30H,3-4,15-19H2,1-2H3. The SMILES string of the molecule is CCN(CC)c1onc(-c2ccccc2)c1CN(CC1CC1)CC(O)c1ccccc1. The monoisotopic (exact) mass is 419 g/mol. The number of aliphatic hydroxyl groups is 1. The van der Waals surface area contributed by atoms with Crippen LogP contribution in [0.4, 0.5) is 5.88 Å².